The first-order chi connectivity index (χ1) is 9.66. The Morgan fingerprint density at radius 2 is 1.85 bits per heavy atom. The van der Waals surface area contributed by atoms with Crippen molar-refractivity contribution in [2.75, 3.05) is 32.7 Å². The highest BCUT2D eigenvalue weighted by atomic mass is 79.9. The van der Waals surface area contributed by atoms with Gasteiger partial charge in [-0.1, -0.05) is 15.9 Å². The van der Waals surface area contributed by atoms with Gasteiger partial charge in [0.05, 0.1) is 0 Å². The second-order valence-corrected chi connectivity index (χ2v) is 5.56. The van der Waals surface area contributed by atoms with Crippen LogP contribution in [0.5, 0.6) is 0 Å². The number of benzene rings is 1. The SMILES string of the molecule is O=C(NCCC(=O)N1CCNCC1)c1ccc(Br)cc1. The number of amides is 2. The number of hydrogen-bond acceptors (Lipinski definition) is 3. The van der Waals surface area contributed by atoms with Crippen LogP contribution >= 0.6 is 15.9 Å². The Morgan fingerprint density at radius 3 is 2.50 bits per heavy atom. The minimum absolute atomic E-state index is 0.0996. The van der Waals surface area contributed by atoms with Gasteiger partial charge >= 0.3 is 0 Å². The van der Waals surface area contributed by atoms with Crippen LogP contribution in [0.15, 0.2) is 28.7 Å². The summed E-state index contributed by atoms with van der Waals surface area (Å²) in [6.45, 7) is 3.56. The number of nitrogens with one attached hydrogen (secondary N) is 2. The van der Waals surface area contributed by atoms with E-state index >= 15 is 0 Å². The summed E-state index contributed by atoms with van der Waals surface area (Å²) in [5.74, 6) is -0.0479. The predicted octanol–water partition coefficient (Wildman–Crippen LogP) is 1.00. The minimum atomic E-state index is -0.148. The third kappa shape index (κ3) is 4.31. The highest BCUT2D eigenvalue weighted by Crippen LogP contribution is 2.10. The lowest BCUT2D eigenvalue weighted by atomic mass is 10.2. The fraction of sp³-hybridized carbons (Fsp3) is 0.429. The van der Waals surface area contributed by atoms with Crippen LogP contribution in [0.2, 0.25) is 0 Å². The van der Waals surface area contributed by atoms with Crippen LogP contribution in [0, 0.1) is 0 Å². The van der Waals surface area contributed by atoms with Crippen LogP contribution in [0.3, 0.4) is 0 Å². The van der Waals surface area contributed by atoms with E-state index in [1.807, 2.05) is 17.0 Å². The Morgan fingerprint density at radius 1 is 1.20 bits per heavy atom. The van der Waals surface area contributed by atoms with Gasteiger partial charge in [0.2, 0.25) is 5.91 Å². The molecular formula is C14H18BrN3O2. The number of nitrogens with zero attached hydrogens (tertiary/aromatic N) is 1. The van der Waals surface area contributed by atoms with Crippen molar-refractivity contribution in [2.24, 2.45) is 0 Å². The molecule has 0 radical (unpaired) electrons. The van der Waals surface area contributed by atoms with Gasteiger partial charge in [0, 0.05) is 49.2 Å². The van der Waals surface area contributed by atoms with Gasteiger partial charge in [-0.15, -0.1) is 0 Å². The molecule has 6 heteroatoms. The lowest BCUT2D eigenvalue weighted by Crippen LogP contribution is -2.47. The lowest BCUT2D eigenvalue weighted by Gasteiger charge is -2.27. The van der Waals surface area contributed by atoms with Crippen molar-refractivity contribution in [3.63, 3.8) is 0 Å². The Balaban J connectivity index is 1.73. The van der Waals surface area contributed by atoms with E-state index in [1.165, 1.54) is 0 Å². The van der Waals surface area contributed by atoms with Crippen LogP contribution in [-0.2, 0) is 4.79 Å². The van der Waals surface area contributed by atoms with E-state index in [0.29, 0.717) is 18.5 Å². The molecule has 0 bridgehead atoms. The number of carbonyl (C=O) groups is 2. The van der Waals surface area contributed by atoms with Crippen LogP contribution in [0.4, 0.5) is 0 Å². The average Bonchev–Trinajstić information content (AvgIpc) is 2.48. The normalized spacial score (nSPS) is 14.9. The molecule has 2 N–H and O–H groups in total. The molecule has 20 heavy (non-hydrogen) atoms. The highest BCUT2D eigenvalue weighted by molar-refractivity contribution is 9.10. The molecule has 1 aromatic carbocycles. The van der Waals surface area contributed by atoms with Gasteiger partial charge in [0.1, 0.15) is 0 Å². The topological polar surface area (TPSA) is 61.4 Å². The summed E-state index contributed by atoms with van der Waals surface area (Å²) >= 11 is 3.32. The number of rotatable bonds is 4. The third-order valence-corrected chi connectivity index (χ3v) is 3.73. The first-order valence-corrected chi connectivity index (χ1v) is 7.48. The van der Waals surface area contributed by atoms with Crippen LogP contribution in [0.25, 0.3) is 0 Å². The van der Waals surface area contributed by atoms with E-state index in [1.54, 1.807) is 12.1 Å². The predicted molar refractivity (Wildman–Crippen MR) is 80.5 cm³/mol. The van der Waals surface area contributed by atoms with Crippen molar-refractivity contribution in [3.8, 4) is 0 Å². The van der Waals surface area contributed by atoms with Crippen molar-refractivity contribution in [1.29, 1.82) is 0 Å². The maximum Gasteiger partial charge on any atom is 0.251 e. The zero-order chi connectivity index (χ0) is 14.4. The molecule has 0 unspecified atom stereocenters. The largest absolute Gasteiger partial charge is 0.352 e. The number of carbonyl (C=O) groups excluding carboxylic acids is 2. The summed E-state index contributed by atoms with van der Waals surface area (Å²) < 4.78 is 0.933. The van der Waals surface area contributed by atoms with Gasteiger partial charge < -0.3 is 15.5 Å². The summed E-state index contributed by atoms with van der Waals surface area (Å²) in [6.07, 6.45) is 0.349. The van der Waals surface area contributed by atoms with Crippen LogP contribution < -0.4 is 10.6 Å². The number of halogens is 1. The molecule has 0 atom stereocenters. The lowest BCUT2D eigenvalue weighted by molar-refractivity contribution is -0.131. The summed E-state index contributed by atoms with van der Waals surface area (Å²) in [5, 5.41) is 5.97. The van der Waals surface area contributed by atoms with Crippen molar-refractivity contribution >= 4 is 27.7 Å². The molecule has 5 nitrogen and oxygen atoms in total. The van der Waals surface area contributed by atoms with Crippen molar-refractivity contribution in [2.45, 2.75) is 6.42 Å². The summed E-state index contributed by atoms with van der Waals surface area (Å²) in [7, 11) is 0. The smallest absolute Gasteiger partial charge is 0.251 e. The van der Waals surface area contributed by atoms with Gasteiger partial charge in [-0.2, -0.15) is 0 Å². The first kappa shape index (κ1) is 15.0. The van der Waals surface area contributed by atoms with E-state index in [2.05, 4.69) is 26.6 Å². The molecule has 0 spiro atoms. The summed E-state index contributed by atoms with van der Waals surface area (Å²) in [5.41, 5.74) is 0.600. The van der Waals surface area contributed by atoms with Gasteiger partial charge in [0.15, 0.2) is 0 Å². The molecule has 2 rings (SSSR count). The molecule has 0 aliphatic carbocycles. The second-order valence-electron chi connectivity index (χ2n) is 4.64. The van der Waals surface area contributed by atoms with E-state index in [9.17, 15) is 9.59 Å². The standard InChI is InChI=1S/C14H18BrN3O2/c15-12-3-1-11(2-4-12)14(20)17-6-5-13(19)18-9-7-16-8-10-18/h1-4,16H,5-10H2,(H,17,20). The molecule has 1 aromatic rings. The molecule has 1 saturated heterocycles. The molecule has 0 aromatic heterocycles. The first-order valence-electron chi connectivity index (χ1n) is 6.69. The quantitative estimate of drug-likeness (QED) is 0.860. The van der Waals surface area contributed by atoms with E-state index < -0.39 is 0 Å². The monoisotopic (exact) mass is 339 g/mol. The van der Waals surface area contributed by atoms with E-state index in [-0.39, 0.29) is 11.8 Å². The van der Waals surface area contributed by atoms with Crippen LogP contribution in [-0.4, -0.2) is 49.4 Å². The molecule has 1 aliphatic heterocycles. The molecule has 108 valence electrons. The third-order valence-electron chi connectivity index (χ3n) is 3.20. The van der Waals surface area contributed by atoms with Crippen LogP contribution in [0.1, 0.15) is 16.8 Å². The van der Waals surface area contributed by atoms with E-state index in [0.717, 1.165) is 30.7 Å². The Labute approximate surface area is 126 Å². The summed E-state index contributed by atoms with van der Waals surface area (Å²) in [4.78, 5) is 25.6. The van der Waals surface area contributed by atoms with E-state index in [4.69, 9.17) is 0 Å². The second kappa shape index (κ2) is 7.40. The molecule has 0 saturated carbocycles. The number of hydrogen-bond donors (Lipinski definition) is 2. The zero-order valence-electron chi connectivity index (χ0n) is 11.2. The highest BCUT2D eigenvalue weighted by Gasteiger charge is 2.15. The number of piperazine rings is 1. The fourth-order valence-corrected chi connectivity index (χ4v) is 2.32. The van der Waals surface area contributed by atoms with Crippen molar-refractivity contribution in [3.05, 3.63) is 34.3 Å². The Bertz CT molecular complexity index is 470. The molecular weight excluding hydrogens is 322 g/mol. The summed E-state index contributed by atoms with van der Waals surface area (Å²) in [6, 6.07) is 7.14. The van der Waals surface area contributed by atoms with Crippen molar-refractivity contribution < 1.29 is 9.59 Å². The maximum absolute atomic E-state index is 11.9. The van der Waals surface area contributed by atoms with Gasteiger partial charge in [-0.05, 0) is 24.3 Å². The minimum Gasteiger partial charge on any atom is -0.352 e. The Kier molecular flexibility index (Phi) is 5.55. The maximum atomic E-state index is 11.9. The fourth-order valence-electron chi connectivity index (χ4n) is 2.06. The molecule has 1 aliphatic rings. The Hall–Kier alpha value is -1.40. The van der Waals surface area contributed by atoms with Gasteiger partial charge in [-0.25, -0.2) is 0 Å². The molecule has 1 heterocycles. The van der Waals surface area contributed by atoms with Crippen molar-refractivity contribution in [1.82, 2.24) is 15.5 Å². The van der Waals surface area contributed by atoms with Gasteiger partial charge in [0.25, 0.3) is 5.91 Å². The molecule has 2 amide bonds. The van der Waals surface area contributed by atoms with Gasteiger partial charge in [-0.3, -0.25) is 9.59 Å². The molecule has 1 fully saturated rings. The average molecular weight is 340 g/mol. The zero-order valence-corrected chi connectivity index (χ0v) is 12.8.